The van der Waals surface area contributed by atoms with E-state index in [0.717, 1.165) is 23.0 Å². The molecule has 3 saturated heterocycles. The van der Waals surface area contributed by atoms with Crippen molar-refractivity contribution in [3.05, 3.63) is 48.2 Å². The number of nitrogens with zero attached hydrogens (tertiary/aromatic N) is 2. The predicted octanol–water partition coefficient (Wildman–Crippen LogP) is 3.40. The molecule has 1 aromatic heterocycles. The Morgan fingerprint density at radius 1 is 1.10 bits per heavy atom. The van der Waals surface area contributed by atoms with Crippen LogP contribution in [0.1, 0.15) is 37.0 Å². The Bertz CT molecular complexity index is 875. The summed E-state index contributed by atoms with van der Waals surface area (Å²) in [6.07, 6.45) is 4.00. The lowest BCUT2D eigenvalue weighted by molar-refractivity contribution is -0.114. The molecule has 3 fully saturated rings. The van der Waals surface area contributed by atoms with E-state index < -0.39 is 0 Å². The van der Waals surface area contributed by atoms with E-state index in [9.17, 15) is 9.59 Å². The van der Waals surface area contributed by atoms with Crippen LogP contribution in [0.3, 0.4) is 0 Å². The standard InChI is InChI=1S/C22H26N4O2S/c1-14-21(16-9-11-26(14)12-10-16)25-22(28)17-3-6-19(7-4-17)29-20-8-5-18(13-23-20)24-15(2)27/h3-8,13-14,16,21H,9-12H2,1-2H3,(H,24,27)(H,25,28)/t14-,21-/m0/s1. The number of rotatable bonds is 5. The van der Waals surface area contributed by atoms with Gasteiger partial charge in [0.1, 0.15) is 5.03 Å². The summed E-state index contributed by atoms with van der Waals surface area (Å²) in [6.45, 7) is 6.01. The Hall–Kier alpha value is -2.38. The van der Waals surface area contributed by atoms with Crippen LogP contribution in [0.4, 0.5) is 5.69 Å². The molecule has 5 rings (SSSR count). The van der Waals surface area contributed by atoms with Gasteiger partial charge in [-0.1, -0.05) is 11.8 Å². The van der Waals surface area contributed by atoms with Crippen molar-refractivity contribution in [2.24, 2.45) is 5.92 Å². The van der Waals surface area contributed by atoms with Crippen LogP contribution in [0, 0.1) is 5.92 Å². The van der Waals surface area contributed by atoms with Gasteiger partial charge in [0, 0.05) is 29.5 Å². The summed E-state index contributed by atoms with van der Waals surface area (Å²) in [5, 5.41) is 6.81. The fourth-order valence-corrected chi connectivity index (χ4v) is 5.05. The number of piperidine rings is 3. The molecule has 4 heterocycles. The molecule has 0 saturated carbocycles. The van der Waals surface area contributed by atoms with Crippen molar-refractivity contribution in [3.63, 3.8) is 0 Å². The molecule has 2 bridgehead atoms. The topological polar surface area (TPSA) is 74.3 Å². The first-order chi connectivity index (χ1) is 14.0. The van der Waals surface area contributed by atoms with E-state index in [1.165, 1.54) is 31.5 Å². The highest BCUT2D eigenvalue weighted by atomic mass is 32.2. The zero-order valence-corrected chi connectivity index (χ0v) is 17.5. The molecule has 29 heavy (non-hydrogen) atoms. The largest absolute Gasteiger partial charge is 0.347 e. The van der Waals surface area contributed by atoms with Crippen LogP contribution >= 0.6 is 11.8 Å². The zero-order valence-electron chi connectivity index (χ0n) is 16.7. The minimum absolute atomic E-state index is 0.00457. The number of fused-ring (bicyclic) bond motifs is 3. The third-order valence-electron chi connectivity index (χ3n) is 5.87. The Labute approximate surface area is 175 Å². The molecule has 6 nitrogen and oxygen atoms in total. The monoisotopic (exact) mass is 410 g/mol. The number of benzene rings is 1. The summed E-state index contributed by atoms with van der Waals surface area (Å²) in [6, 6.07) is 12.0. The Morgan fingerprint density at radius 3 is 2.41 bits per heavy atom. The Morgan fingerprint density at radius 2 is 1.83 bits per heavy atom. The van der Waals surface area contributed by atoms with Crippen LogP contribution < -0.4 is 10.6 Å². The number of nitrogens with one attached hydrogen (secondary N) is 2. The van der Waals surface area contributed by atoms with Crippen LogP contribution in [0.2, 0.25) is 0 Å². The van der Waals surface area contributed by atoms with Gasteiger partial charge in [-0.3, -0.25) is 14.5 Å². The second-order valence-corrected chi connectivity index (χ2v) is 8.90. The van der Waals surface area contributed by atoms with E-state index >= 15 is 0 Å². The minimum Gasteiger partial charge on any atom is -0.347 e. The number of aromatic nitrogens is 1. The van der Waals surface area contributed by atoms with Gasteiger partial charge in [0.15, 0.2) is 0 Å². The van der Waals surface area contributed by atoms with Gasteiger partial charge in [0.2, 0.25) is 5.91 Å². The van der Waals surface area contributed by atoms with Crippen molar-refractivity contribution >= 4 is 29.3 Å². The average molecular weight is 411 g/mol. The molecule has 3 aliphatic rings. The second-order valence-electron chi connectivity index (χ2n) is 7.81. The molecular formula is C22H26N4O2S. The van der Waals surface area contributed by atoms with E-state index in [-0.39, 0.29) is 17.9 Å². The van der Waals surface area contributed by atoms with Crippen molar-refractivity contribution in [2.45, 2.75) is 48.7 Å². The maximum atomic E-state index is 12.7. The van der Waals surface area contributed by atoms with Crippen molar-refractivity contribution in [1.82, 2.24) is 15.2 Å². The van der Waals surface area contributed by atoms with E-state index in [1.807, 2.05) is 36.4 Å². The number of hydrogen-bond acceptors (Lipinski definition) is 5. The van der Waals surface area contributed by atoms with Gasteiger partial charge in [-0.2, -0.15) is 0 Å². The summed E-state index contributed by atoms with van der Waals surface area (Å²) in [5.41, 5.74) is 1.36. The number of carbonyl (C=O) groups excluding carboxylic acids is 2. The van der Waals surface area contributed by atoms with Gasteiger partial charge in [-0.15, -0.1) is 0 Å². The highest BCUT2D eigenvalue weighted by Gasteiger charge is 2.40. The summed E-state index contributed by atoms with van der Waals surface area (Å²) in [4.78, 5) is 31.7. The van der Waals surface area contributed by atoms with Crippen molar-refractivity contribution in [1.29, 1.82) is 0 Å². The summed E-state index contributed by atoms with van der Waals surface area (Å²) in [5.74, 6) is 0.485. The van der Waals surface area contributed by atoms with E-state index in [1.54, 1.807) is 6.20 Å². The fourth-order valence-electron chi connectivity index (χ4n) is 4.29. The van der Waals surface area contributed by atoms with Gasteiger partial charge in [0.05, 0.1) is 11.9 Å². The molecular weight excluding hydrogens is 384 g/mol. The molecule has 2 amide bonds. The lowest BCUT2D eigenvalue weighted by Gasteiger charge is -2.49. The summed E-state index contributed by atoms with van der Waals surface area (Å²) < 4.78 is 0. The smallest absolute Gasteiger partial charge is 0.251 e. The third-order valence-corrected chi connectivity index (χ3v) is 6.83. The maximum Gasteiger partial charge on any atom is 0.251 e. The highest BCUT2D eigenvalue weighted by molar-refractivity contribution is 7.99. The Balaban J connectivity index is 1.36. The quantitative estimate of drug-likeness (QED) is 0.790. The molecule has 0 unspecified atom stereocenters. The van der Waals surface area contributed by atoms with Crippen molar-refractivity contribution in [2.75, 3.05) is 18.4 Å². The van der Waals surface area contributed by atoms with E-state index in [0.29, 0.717) is 23.2 Å². The lowest BCUT2D eigenvalue weighted by Crippen LogP contribution is -2.62. The third kappa shape index (κ3) is 4.62. The molecule has 1 aromatic carbocycles. The van der Waals surface area contributed by atoms with Crippen molar-refractivity contribution in [3.8, 4) is 0 Å². The summed E-state index contributed by atoms with van der Waals surface area (Å²) in [7, 11) is 0. The molecule has 7 heteroatoms. The van der Waals surface area contributed by atoms with Gasteiger partial charge >= 0.3 is 0 Å². The van der Waals surface area contributed by atoms with Gasteiger partial charge < -0.3 is 10.6 Å². The maximum absolute atomic E-state index is 12.7. The molecule has 0 aliphatic carbocycles. The normalized spacial score (nSPS) is 25.4. The minimum atomic E-state index is -0.117. The Kier molecular flexibility index (Phi) is 5.87. The van der Waals surface area contributed by atoms with Crippen LogP contribution in [0.25, 0.3) is 0 Å². The van der Waals surface area contributed by atoms with Crippen LogP contribution in [-0.4, -0.2) is 46.9 Å². The first-order valence-electron chi connectivity index (χ1n) is 10.1. The fraction of sp³-hybridized carbons (Fsp3) is 0.409. The number of amides is 2. The van der Waals surface area contributed by atoms with Crippen LogP contribution in [-0.2, 0) is 4.79 Å². The SMILES string of the molecule is CC(=O)Nc1ccc(Sc2ccc(C(=O)N[C@@H]3C4CCN(CC4)[C@H]3C)cc2)nc1. The number of hydrogen-bond donors (Lipinski definition) is 2. The van der Waals surface area contributed by atoms with Crippen LogP contribution in [0.15, 0.2) is 52.5 Å². The average Bonchev–Trinajstić information content (AvgIpc) is 2.72. The lowest BCUT2D eigenvalue weighted by atomic mass is 9.79. The molecule has 152 valence electrons. The molecule has 2 N–H and O–H groups in total. The molecule has 3 aliphatic heterocycles. The highest BCUT2D eigenvalue weighted by Crippen LogP contribution is 2.32. The predicted molar refractivity (Wildman–Crippen MR) is 114 cm³/mol. The van der Waals surface area contributed by atoms with Crippen molar-refractivity contribution < 1.29 is 9.59 Å². The van der Waals surface area contributed by atoms with Gasteiger partial charge in [0.25, 0.3) is 5.91 Å². The van der Waals surface area contributed by atoms with E-state index in [4.69, 9.17) is 0 Å². The number of carbonyl (C=O) groups is 2. The molecule has 0 radical (unpaired) electrons. The molecule has 2 aromatic rings. The van der Waals surface area contributed by atoms with E-state index in [2.05, 4.69) is 27.4 Å². The van der Waals surface area contributed by atoms with Gasteiger partial charge in [-0.25, -0.2) is 4.98 Å². The molecule has 2 atom stereocenters. The molecule has 0 spiro atoms. The number of pyridine rings is 1. The first kappa shape index (κ1) is 19.9. The van der Waals surface area contributed by atoms with Crippen LogP contribution in [0.5, 0.6) is 0 Å². The number of anilines is 1. The zero-order chi connectivity index (χ0) is 20.4. The first-order valence-corrected chi connectivity index (χ1v) is 10.9. The second kappa shape index (κ2) is 8.55. The van der Waals surface area contributed by atoms with Gasteiger partial charge in [-0.05, 0) is 75.2 Å². The summed E-state index contributed by atoms with van der Waals surface area (Å²) >= 11 is 1.52.